The zero-order chi connectivity index (χ0) is 19.3. The zero-order valence-corrected chi connectivity index (χ0v) is 15.2. The minimum absolute atomic E-state index is 0.0822. The van der Waals surface area contributed by atoms with E-state index in [0.29, 0.717) is 12.0 Å². The van der Waals surface area contributed by atoms with Crippen LogP contribution in [0.5, 0.6) is 0 Å². The fourth-order valence-electron chi connectivity index (χ4n) is 3.18. The van der Waals surface area contributed by atoms with E-state index >= 15 is 0 Å². The van der Waals surface area contributed by atoms with Crippen molar-refractivity contribution in [3.05, 3.63) is 77.5 Å². The van der Waals surface area contributed by atoms with Gasteiger partial charge in [0, 0.05) is 6.42 Å². The van der Waals surface area contributed by atoms with Crippen molar-refractivity contribution in [2.24, 2.45) is 0 Å². The van der Waals surface area contributed by atoms with Gasteiger partial charge in [0.25, 0.3) is 0 Å². The van der Waals surface area contributed by atoms with Gasteiger partial charge in [-0.3, -0.25) is 0 Å². The molecule has 0 radical (unpaired) electrons. The molecule has 0 saturated carbocycles. The molecule has 5 heteroatoms. The maximum Gasteiger partial charge on any atom is 0.375 e. The summed E-state index contributed by atoms with van der Waals surface area (Å²) in [6, 6.07) is 18.0. The highest BCUT2D eigenvalue weighted by molar-refractivity contribution is 6.11. The molecule has 0 fully saturated rings. The highest BCUT2D eigenvalue weighted by Gasteiger charge is 2.55. The van der Waals surface area contributed by atoms with Gasteiger partial charge in [0.2, 0.25) is 11.4 Å². The maximum absolute atomic E-state index is 13.1. The Labute approximate surface area is 158 Å². The summed E-state index contributed by atoms with van der Waals surface area (Å²) in [7, 11) is 0. The molecule has 2 aromatic carbocycles. The molecule has 0 saturated heterocycles. The van der Waals surface area contributed by atoms with Crippen molar-refractivity contribution in [3.8, 4) is 0 Å². The van der Waals surface area contributed by atoms with Crippen LogP contribution in [0.2, 0.25) is 0 Å². The monoisotopic (exact) mass is 366 g/mol. The predicted molar refractivity (Wildman–Crippen MR) is 101 cm³/mol. The number of hydrogen-bond donors (Lipinski definition) is 1. The van der Waals surface area contributed by atoms with Gasteiger partial charge in [-0.05, 0) is 17.5 Å². The summed E-state index contributed by atoms with van der Waals surface area (Å²) < 4.78 is 10.9. The fraction of sp³-hybridized carbons (Fsp3) is 0.273. The average Bonchev–Trinajstić information content (AvgIpc) is 2.94. The Balaban J connectivity index is 2.08. The van der Waals surface area contributed by atoms with Gasteiger partial charge in [0.1, 0.15) is 0 Å². The van der Waals surface area contributed by atoms with Crippen molar-refractivity contribution in [2.45, 2.75) is 31.8 Å². The van der Waals surface area contributed by atoms with Gasteiger partial charge in [0.05, 0.1) is 12.2 Å². The Bertz CT molecular complexity index is 842. The predicted octanol–water partition coefficient (Wildman–Crippen LogP) is 3.84. The third-order valence-corrected chi connectivity index (χ3v) is 4.52. The van der Waals surface area contributed by atoms with Crippen molar-refractivity contribution in [3.63, 3.8) is 0 Å². The van der Waals surface area contributed by atoms with Crippen LogP contribution in [0, 0.1) is 0 Å². The minimum Gasteiger partial charge on any atom is -0.502 e. The SMILES string of the molecule is CCCCOC(=O)C1(Cc2ccccc2)OC(=O)C(O)=C1c1ccccc1. The molecule has 0 aliphatic carbocycles. The molecule has 1 unspecified atom stereocenters. The lowest BCUT2D eigenvalue weighted by atomic mass is 9.83. The minimum atomic E-state index is -1.71. The van der Waals surface area contributed by atoms with E-state index in [-0.39, 0.29) is 18.6 Å². The Hall–Kier alpha value is -3.08. The number of carbonyl (C=O) groups excluding carboxylic acids is 2. The van der Waals surface area contributed by atoms with Crippen LogP contribution in [0.1, 0.15) is 30.9 Å². The second kappa shape index (κ2) is 8.08. The van der Waals surface area contributed by atoms with Crippen molar-refractivity contribution >= 4 is 17.5 Å². The van der Waals surface area contributed by atoms with Crippen LogP contribution >= 0.6 is 0 Å². The number of ether oxygens (including phenoxy) is 2. The molecule has 1 aliphatic rings. The molecular weight excluding hydrogens is 344 g/mol. The van der Waals surface area contributed by atoms with Crippen LogP contribution in [-0.4, -0.2) is 29.3 Å². The number of esters is 2. The summed E-state index contributed by atoms with van der Waals surface area (Å²) in [4.78, 5) is 25.3. The van der Waals surface area contributed by atoms with Crippen LogP contribution in [0.3, 0.4) is 0 Å². The lowest BCUT2D eigenvalue weighted by molar-refractivity contribution is -0.171. The van der Waals surface area contributed by atoms with Gasteiger partial charge >= 0.3 is 11.9 Å². The highest BCUT2D eigenvalue weighted by Crippen LogP contribution is 2.42. The third-order valence-electron chi connectivity index (χ3n) is 4.52. The van der Waals surface area contributed by atoms with E-state index in [4.69, 9.17) is 9.47 Å². The van der Waals surface area contributed by atoms with Crippen LogP contribution in [0.15, 0.2) is 66.4 Å². The molecule has 1 N–H and O–H groups in total. The molecule has 3 rings (SSSR count). The molecule has 5 nitrogen and oxygen atoms in total. The maximum atomic E-state index is 13.1. The molecule has 0 aromatic heterocycles. The van der Waals surface area contributed by atoms with Gasteiger partial charge < -0.3 is 14.6 Å². The molecular formula is C22H22O5. The van der Waals surface area contributed by atoms with Crippen molar-refractivity contribution in [1.29, 1.82) is 0 Å². The largest absolute Gasteiger partial charge is 0.502 e. The smallest absolute Gasteiger partial charge is 0.375 e. The van der Waals surface area contributed by atoms with E-state index in [0.717, 1.165) is 12.0 Å². The Morgan fingerprint density at radius 1 is 1.07 bits per heavy atom. The molecule has 1 aliphatic heterocycles. The molecule has 27 heavy (non-hydrogen) atoms. The summed E-state index contributed by atoms with van der Waals surface area (Å²) >= 11 is 0. The van der Waals surface area contributed by atoms with E-state index in [9.17, 15) is 14.7 Å². The van der Waals surface area contributed by atoms with E-state index in [1.54, 1.807) is 24.3 Å². The van der Waals surface area contributed by atoms with E-state index in [1.165, 1.54) is 0 Å². The molecule has 0 amide bonds. The first-order valence-electron chi connectivity index (χ1n) is 9.02. The molecule has 2 aromatic rings. The lowest BCUT2D eigenvalue weighted by Crippen LogP contribution is -2.44. The van der Waals surface area contributed by atoms with Crippen LogP contribution in [0.4, 0.5) is 0 Å². The molecule has 0 spiro atoms. The van der Waals surface area contributed by atoms with Gasteiger partial charge in [0.15, 0.2) is 0 Å². The molecule has 1 heterocycles. The second-order valence-corrected chi connectivity index (χ2v) is 6.46. The Morgan fingerprint density at radius 2 is 1.70 bits per heavy atom. The highest BCUT2D eigenvalue weighted by atomic mass is 16.6. The molecule has 1 atom stereocenters. The first-order chi connectivity index (χ1) is 13.1. The van der Waals surface area contributed by atoms with Crippen LogP contribution in [-0.2, 0) is 25.5 Å². The molecule has 0 bridgehead atoms. The average molecular weight is 366 g/mol. The normalized spacial score (nSPS) is 19.1. The number of carbonyl (C=O) groups is 2. The van der Waals surface area contributed by atoms with Gasteiger partial charge in [-0.2, -0.15) is 0 Å². The number of aliphatic hydroxyl groups is 1. The summed E-state index contributed by atoms with van der Waals surface area (Å²) in [5.74, 6) is -2.14. The van der Waals surface area contributed by atoms with E-state index in [2.05, 4.69) is 0 Å². The van der Waals surface area contributed by atoms with Crippen molar-refractivity contribution < 1.29 is 24.2 Å². The van der Waals surface area contributed by atoms with Crippen molar-refractivity contribution in [2.75, 3.05) is 6.61 Å². The van der Waals surface area contributed by atoms with Crippen molar-refractivity contribution in [1.82, 2.24) is 0 Å². The zero-order valence-electron chi connectivity index (χ0n) is 15.2. The van der Waals surface area contributed by atoms with Gasteiger partial charge in [-0.1, -0.05) is 74.0 Å². The van der Waals surface area contributed by atoms with E-state index in [1.807, 2.05) is 43.3 Å². The van der Waals surface area contributed by atoms with E-state index < -0.39 is 23.3 Å². The fourth-order valence-corrected chi connectivity index (χ4v) is 3.18. The lowest BCUT2D eigenvalue weighted by Gasteiger charge is -2.28. The summed E-state index contributed by atoms with van der Waals surface area (Å²) in [6.07, 6.45) is 1.65. The topological polar surface area (TPSA) is 72.8 Å². The number of aliphatic hydroxyl groups excluding tert-OH is 1. The summed E-state index contributed by atoms with van der Waals surface area (Å²) in [5, 5.41) is 10.4. The second-order valence-electron chi connectivity index (χ2n) is 6.46. The standard InChI is InChI=1S/C22H22O5/c1-2-3-14-26-21(25)22(15-16-10-6-4-7-11-16)18(19(23)20(24)27-22)17-12-8-5-9-13-17/h4-13,23H,2-3,14-15H2,1H3. The van der Waals surface area contributed by atoms with Crippen LogP contribution in [0.25, 0.3) is 5.57 Å². The Morgan fingerprint density at radius 3 is 2.33 bits per heavy atom. The number of benzene rings is 2. The number of rotatable bonds is 7. The summed E-state index contributed by atoms with van der Waals surface area (Å²) in [5.41, 5.74) is -0.221. The summed E-state index contributed by atoms with van der Waals surface area (Å²) in [6.45, 7) is 2.22. The quantitative estimate of drug-likeness (QED) is 0.595. The number of hydrogen-bond acceptors (Lipinski definition) is 5. The van der Waals surface area contributed by atoms with Gasteiger partial charge in [-0.15, -0.1) is 0 Å². The number of cyclic esters (lactones) is 1. The first kappa shape index (κ1) is 18.7. The van der Waals surface area contributed by atoms with Crippen LogP contribution < -0.4 is 0 Å². The number of unbranched alkanes of at least 4 members (excludes halogenated alkanes) is 1. The Kier molecular flexibility index (Phi) is 5.60. The van der Waals surface area contributed by atoms with Gasteiger partial charge in [-0.25, -0.2) is 9.59 Å². The molecule has 140 valence electrons. The third kappa shape index (κ3) is 3.72. The first-order valence-corrected chi connectivity index (χ1v) is 9.02.